The number of pyridine rings is 1. The minimum atomic E-state index is 0.0263. The number of nitrogens with zero attached hydrogens (tertiary/aromatic N) is 2. The summed E-state index contributed by atoms with van der Waals surface area (Å²) in [6.45, 7) is 2.80. The molecule has 1 amide bonds. The fourth-order valence-corrected chi connectivity index (χ4v) is 3.71. The summed E-state index contributed by atoms with van der Waals surface area (Å²) in [5.41, 5.74) is 2.00. The highest BCUT2D eigenvalue weighted by molar-refractivity contribution is 6.06. The first kappa shape index (κ1) is 16.6. The molecule has 132 valence electrons. The van der Waals surface area contributed by atoms with Gasteiger partial charge in [0.1, 0.15) is 0 Å². The largest absolute Gasteiger partial charge is 0.371 e. The lowest BCUT2D eigenvalue weighted by Crippen LogP contribution is -2.38. The van der Waals surface area contributed by atoms with Gasteiger partial charge in [0.05, 0.1) is 0 Å². The minimum absolute atomic E-state index is 0.0263. The Bertz CT molecular complexity index is 881. The Labute approximate surface area is 153 Å². The van der Waals surface area contributed by atoms with E-state index < -0.39 is 0 Å². The molecule has 26 heavy (non-hydrogen) atoms. The third kappa shape index (κ3) is 3.54. The second-order valence-electron chi connectivity index (χ2n) is 6.87. The van der Waals surface area contributed by atoms with Crippen LogP contribution in [0.3, 0.4) is 0 Å². The number of carbonyl (C=O) groups excluding carboxylic acids is 1. The van der Waals surface area contributed by atoms with Crippen molar-refractivity contribution < 1.29 is 4.79 Å². The van der Waals surface area contributed by atoms with E-state index in [1.807, 2.05) is 54.9 Å². The number of piperidine rings is 1. The van der Waals surface area contributed by atoms with E-state index >= 15 is 0 Å². The van der Waals surface area contributed by atoms with Crippen molar-refractivity contribution in [2.45, 2.75) is 12.8 Å². The first-order chi connectivity index (χ1) is 12.8. The van der Waals surface area contributed by atoms with Crippen LogP contribution in [0.1, 0.15) is 23.2 Å². The molecule has 2 heterocycles. The van der Waals surface area contributed by atoms with Crippen LogP contribution in [0.15, 0.2) is 67.0 Å². The quantitative estimate of drug-likeness (QED) is 0.780. The molecule has 1 fully saturated rings. The van der Waals surface area contributed by atoms with Crippen LogP contribution >= 0.6 is 0 Å². The van der Waals surface area contributed by atoms with Crippen LogP contribution in [0, 0.1) is 5.92 Å². The van der Waals surface area contributed by atoms with Gasteiger partial charge in [-0.05, 0) is 47.7 Å². The van der Waals surface area contributed by atoms with Gasteiger partial charge in [0.25, 0.3) is 5.91 Å². The summed E-state index contributed by atoms with van der Waals surface area (Å²) in [5, 5.41) is 5.26. The van der Waals surface area contributed by atoms with Crippen molar-refractivity contribution in [1.82, 2.24) is 10.3 Å². The van der Waals surface area contributed by atoms with Gasteiger partial charge in [0.15, 0.2) is 0 Å². The topological polar surface area (TPSA) is 45.2 Å². The van der Waals surface area contributed by atoms with Crippen molar-refractivity contribution >= 4 is 22.4 Å². The van der Waals surface area contributed by atoms with Gasteiger partial charge in [-0.25, -0.2) is 0 Å². The summed E-state index contributed by atoms with van der Waals surface area (Å²) < 4.78 is 0. The van der Waals surface area contributed by atoms with Crippen molar-refractivity contribution in [1.29, 1.82) is 0 Å². The summed E-state index contributed by atoms with van der Waals surface area (Å²) >= 11 is 0. The third-order valence-electron chi connectivity index (χ3n) is 5.23. The van der Waals surface area contributed by atoms with E-state index in [9.17, 15) is 4.79 Å². The molecule has 0 aliphatic carbocycles. The molecule has 4 nitrogen and oxygen atoms in total. The summed E-state index contributed by atoms with van der Waals surface area (Å²) in [6.07, 6.45) is 5.87. The Morgan fingerprint density at radius 1 is 1.00 bits per heavy atom. The maximum absolute atomic E-state index is 12.7. The van der Waals surface area contributed by atoms with Gasteiger partial charge in [-0.2, -0.15) is 0 Å². The summed E-state index contributed by atoms with van der Waals surface area (Å²) in [6, 6.07) is 18.0. The highest BCUT2D eigenvalue weighted by Gasteiger charge is 2.20. The maximum atomic E-state index is 12.7. The van der Waals surface area contributed by atoms with E-state index in [1.165, 1.54) is 5.69 Å². The fraction of sp³-hybridized carbons (Fsp3) is 0.273. The maximum Gasteiger partial charge on any atom is 0.251 e. The molecule has 0 atom stereocenters. The third-order valence-corrected chi connectivity index (χ3v) is 5.23. The van der Waals surface area contributed by atoms with Gasteiger partial charge < -0.3 is 10.2 Å². The SMILES string of the molecule is O=C(NCC1CCN(c2ccncc2)CC1)c1cccc2ccccc12. The number of rotatable bonds is 4. The zero-order chi connectivity index (χ0) is 17.8. The molecular weight excluding hydrogens is 322 g/mol. The summed E-state index contributed by atoms with van der Waals surface area (Å²) in [5.74, 6) is 0.561. The normalized spacial score (nSPS) is 15.2. The van der Waals surface area contributed by atoms with E-state index in [2.05, 4.69) is 27.3 Å². The zero-order valence-electron chi connectivity index (χ0n) is 14.8. The van der Waals surface area contributed by atoms with E-state index in [1.54, 1.807) is 0 Å². The molecule has 1 aliphatic heterocycles. The Morgan fingerprint density at radius 3 is 2.54 bits per heavy atom. The Morgan fingerprint density at radius 2 is 1.73 bits per heavy atom. The number of nitrogens with one attached hydrogen (secondary N) is 1. The monoisotopic (exact) mass is 345 g/mol. The number of hydrogen-bond donors (Lipinski definition) is 1. The van der Waals surface area contributed by atoms with Crippen LogP contribution < -0.4 is 10.2 Å². The second-order valence-corrected chi connectivity index (χ2v) is 6.87. The average molecular weight is 345 g/mol. The molecule has 1 aromatic heterocycles. The van der Waals surface area contributed by atoms with Crippen molar-refractivity contribution in [3.8, 4) is 0 Å². The molecule has 4 heteroatoms. The van der Waals surface area contributed by atoms with Gasteiger partial charge in [-0.3, -0.25) is 9.78 Å². The standard InChI is InChI=1S/C22H23N3O/c26-22(21-7-3-5-18-4-1-2-6-20(18)21)24-16-17-10-14-25(15-11-17)19-8-12-23-13-9-19/h1-9,12-13,17H,10-11,14-16H2,(H,24,26). The lowest BCUT2D eigenvalue weighted by Gasteiger charge is -2.33. The summed E-state index contributed by atoms with van der Waals surface area (Å²) in [4.78, 5) is 19.1. The number of benzene rings is 2. The van der Waals surface area contributed by atoms with E-state index in [4.69, 9.17) is 0 Å². The lowest BCUT2D eigenvalue weighted by molar-refractivity contribution is 0.0946. The van der Waals surface area contributed by atoms with Crippen molar-refractivity contribution in [3.05, 3.63) is 72.6 Å². The fourth-order valence-electron chi connectivity index (χ4n) is 3.71. The Hall–Kier alpha value is -2.88. The molecule has 0 unspecified atom stereocenters. The molecule has 0 saturated carbocycles. The van der Waals surface area contributed by atoms with Crippen LogP contribution in [0.5, 0.6) is 0 Å². The van der Waals surface area contributed by atoms with E-state index in [0.29, 0.717) is 5.92 Å². The van der Waals surface area contributed by atoms with Crippen molar-refractivity contribution in [2.75, 3.05) is 24.5 Å². The molecule has 1 aliphatic rings. The number of fused-ring (bicyclic) bond motifs is 1. The summed E-state index contributed by atoms with van der Waals surface area (Å²) in [7, 11) is 0. The molecule has 1 N–H and O–H groups in total. The van der Waals surface area contributed by atoms with Crippen molar-refractivity contribution in [2.24, 2.45) is 5.92 Å². The predicted octanol–water partition coefficient (Wildman–Crippen LogP) is 3.88. The number of anilines is 1. The highest BCUT2D eigenvalue weighted by Crippen LogP contribution is 2.23. The van der Waals surface area contributed by atoms with Gasteiger partial charge in [-0.1, -0.05) is 36.4 Å². The van der Waals surface area contributed by atoms with Gasteiger partial charge >= 0.3 is 0 Å². The Balaban J connectivity index is 1.34. The van der Waals surface area contributed by atoms with Crippen LogP contribution in [0.4, 0.5) is 5.69 Å². The highest BCUT2D eigenvalue weighted by atomic mass is 16.1. The molecular formula is C22H23N3O. The van der Waals surface area contributed by atoms with Crippen LogP contribution in [0.25, 0.3) is 10.8 Å². The van der Waals surface area contributed by atoms with Crippen molar-refractivity contribution in [3.63, 3.8) is 0 Å². The lowest BCUT2D eigenvalue weighted by atomic mass is 9.96. The van der Waals surface area contributed by atoms with Gasteiger partial charge in [0, 0.05) is 43.3 Å². The van der Waals surface area contributed by atoms with Gasteiger partial charge in [-0.15, -0.1) is 0 Å². The van der Waals surface area contributed by atoms with Crippen LogP contribution in [0.2, 0.25) is 0 Å². The Kier molecular flexibility index (Phi) is 4.82. The first-order valence-corrected chi connectivity index (χ1v) is 9.22. The number of hydrogen-bond acceptors (Lipinski definition) is 3. The average Bonchev–Trinajstić information content (AvgIpc) is 2.72. The molecule has 0 bridgehead atoms. The number of amides is 1. The van der Waals surface area contributed by atoms with Gasteiger partial charge in [0.2, 0.25) is 0 Å². The predicted molar refractivity (Wildman–Crippen MR) is 105 cm³/mol. The number of aromatic nitrogens is 1. The number of carbonyl (C=O) groups is 1. The smallest absolute Gasteiger partial charge is 0.251 e. The van der Waals surface area contributed by atoms with Crippen LogP contribution in [-0.4, -0.2) is 30.5 Å². The molecule has 0 spiro atoms. The molecule has 3 aromatic rings. The first-order valence-electron chi connectivity index (χ1n) is 9.22. The van der Waals surface area contributed by atoms with E-state index in [0.717, 1.165) is 48.8 Å². The second kappa shape index (κ2) is 7.56. The minimum Gasteiger partial charge on any atom is -0.371 e. The van der Waals surface area contributed by atoms with Crippen LogP contribution in [-0.2, 0) is 0 Å². The molecule has 2 aromatic carbocycles. The molecule has 0 radical (unpaired) electrons. The van der Waals surface area contributed by atoms with E-state index in [-0.39, 0.29) is 5.91 Å². The molecule has 1 saturated heterocycles. The molecule has 4 rings (SSSR count). The zero-order valence-corrected chi connectivity index (χ0v) is 14.8.